The number of aliphatic hydroxyl groups excluding tert-OH is 11. The van der Waals surface area contributed by atoms with E-state index in [0.29, 0.717) is 6.42 Å². The van der Waals surface area contributed by atoms with Gasteiger partial charge >= 0.3 is 0 Å². The van der Waals surface area contributed by atoms with Crippen molar-refractivity contribution >= 4 is 5.91 Å². The monoisotopic (exact) mass is 1080 g/mol. The minimum absolute atomic E-state index is 0.231. The van der Waals surface area contributed by atoms with E-state index in [1.807, 2.05) is 13.0 Å². The number of hydrogen-bond donors (Lipinski definition) is 12. The van der Waals surface area contributed by atoms with Gasteiger partial charge in [0.15, 0.2) is 18.9 Å². The highest BCUT2D eigenvalue weighted by Gasteiger charge is 2.53. The van der Waals surface area contributed by atoms with Crippen molar-refractivity contribution in [2.45, 2.75) is 311 Å². The maximum absolute atomic E-state index is 12.9. The summed E-state index contributed by atoms with van der Waals surface area (Å²) in [7, 11) is 0. The first-order valence-corrected chi connectivity index (χ1v) is 29.4. The van der Waals surface area contributed by atoms with Crippen LogP contribution in [0.4, 0.5) is 0 Å². The molecule has 0 radical (unpaired) electrons. The summed E-state index contributed by atoms with van der Waals surface area (Å²) in [6.07, 6.45) is 13.4. The van der Waals surface area contributed by atoms with Crippen molar-refractivity contribution in [2.75, 3.05) is 26.4 Å². The van der Waals surface area contributed by atoms with Crippen LogP contribution in [0.1, 0.15) is 206 Å². The van der Waals surface area contributed by atoms with Crippen molar-refractivity contribution in [1.82, 2.24) is 5.32 Å². The number of carbonyl (C=O) groups is 1. The second-order valence-corrected chi connectivity index (χ2v) is 21.5. The van der Waals surface area contributed by atoms with Crippen LogP contribution in [-0.2, 0) is 33.2 Å². The summed E-state index contributed by atoms with van der Waals surface area (Å²) >= 11 is 0. The van der Waals surface area contributed by atoms with E-state index in [2.05, 4.69) is 12.2 Å². The number of carbonyl (C=O) groups excluding carboxylic acids is 1. The summed E-state index contributed by atoms with van der Waals surface area (Å²) in [5.41, 5.74) is 0. The van der Waals surface area contributed by atoms with Crippen LogP contribution in [0.3, 0.4) is 0 Å². The quantitative estimate of drug-likeness (QED) is 0.0293. The molecule has 0 aromatic heterocycles. The van der Waals surface area contributed by atoms with E-state index in [1.165, 1.54) is 141 Å². The first kappa shape index (κ1) is 67.8. The van der Waals surface area contributed by atoms with E-state index in [-0.39, 0.29) is 18.9 Å². The van der Waals surface area contributed by atoms with Gasteiger partial charge in [0.2, 0.25) is 5.91 Å². The molecule has 3 fully saturated rings. The van der Waals surface area contributed by atoms with Gasteiger partial charge in [-0.25, -0.2) is 0 Å². The zero-order valence-electron chi connectivity index (χ0n) is 45.8. The van der Waals surface area contributed by atoms with Gasteiger partial charge in [0.1, 0.15) is 73.2 Å². The van der Waals surface area contributed by atoms with Crippen LogP contribution in [-0.4, -0.2) is 193 Å². The fourth-order valence-electron chi connectivity index (χ4n) is 10.2. The minimum Gasteiger partial charge on any atom is -0.394 e. The first-order chi connectivity index (χ1) is 36.3. The summed E-state index contributed by atoms with van der Waals surface area (Å²) in [4.78, 5) is 12.9. The molecule has 3 rings (SSSR count). The standard InChI is InChI=1S/C56H105NO18/c1-3-5-7-8-9-10-11-12-13-14-15-16-17-18-19-20-21-22-23-24-25-26-27-28-29-30-32-33-40(61)39(57-44(62)34-31-6-4-2)38-70-54-50(68)47(65)52(42(36-59)72-54)75-56-51(69)48(66)53(43(37-60)73-56)74-55-49(67)46(64)45(63)41(35-58)71-55/h32-33,39-43,45-56,58-61,63-69H,3-31,34-38H2,1-2H3,(H,57,62)/b33-32+. The second kappa shape index (κ2) is 40.7. The molecule has 19 nitrogen and oxygen atoms in total. The molecule has 12 N–H and O–H groups in total. The first-order valence-electron chi connectivity index (χ1n) is 29.4. The van der Waals surface area contributed by atoms with E-state index >= 15 is 0 Å². The molecule has 0 saturated carbocycles. The molecule has 0 spiro atoms. The topological polar surface area (TPSA) is 307 Å². The third kappa shape index (κ3) is 25.3. The van der Waals surface area contributed by atoms with E-state index in [9.17, 15) is 61.0 Å². The third-order valence-corrected chi connectivity index (χ3v) is 15.1. The number of hydrogen-bond acceptors (Lipinski definition) is 18. The SMILES string of the molecule is CCCCCCCCCCCCCCCCCCCCCCCCCCC/C=C/C(O)C(COC1OC(CO)C(OC2OC(CO)C(OC3OC(CO)C(O)C(O)C3O)C(O)C2O)C(O)C1O)NC(=O)CCCCC. The molecular formula is C56H105NO18. The molecule has 17 atom stereocenters. The maximum atomic E-state index is 12.9. The molecule has 3 aliphatic heterocycles. The smallest absolute Gasteiger partial charge is 0.220 e. The molecule has 19 heteroatoms. The lowest BCUT2D eigenvalue weighted by molar-refractivity contribution is -0.379. The van der Waals surface area contributed by atoms with Gasteiger partial charge in [-0.05, 0) is 19.3 Å². The number of nitrogens with one attached hydrogen (secondary N) is 1. The van der Waals surface area contributed by atoms with Gasteiger partial charge in [0.05, 0.1) is 38.6 Å². The van der Waals surface area contributed by atoms with E-state index < -0.39 is 124 Å². The number of rotatable bonds is 43. The van der Waals surface area contributed by atoms with Crippen molar-refractivity contribution in [3.8, 4) is 0 Å². The summed E-state index contributed by atoms with van der Waals surface area (Å²) in [6, 6.07) is -0.963. The summed E-state index contributed by atoms with van der Waals surface area (Å²) in [5, 5.41) is 119. The normalized spacial score (nSPS) is 31.2. The highest BCUT2D eigenvalue weighted by atomic mass is 16.8. The van der Waals surface area contributed by atoms with Crippen LogP contribution in [0.2, 0.25) is 0 Å². The van der Waals surface area contributed by atoms with E-state index in [1.54, 1.807) is 6.08 Å². The summed E-state index contributed by atoms with van der Waals surface area (Å²) < 4.78 is 34.0. The van der Waals surface area contributed by atoms with Crippen LogP contribution in [0, 0.1) is 0 Å². The minimum atomic E-state index is -1.97. The van der Waals surface area contributed by atoms with Gasteiger partial charge in [-0.1, -0.05) is 193 Å². The highest BCUT2D eigenvalue weighted by Crippen LogP contribution is 2.33. The Hall–Kier alpha value is -1.47. The number of allylic oxidation sites excluding steroid dienone is 1. The van der Waals surface area contributed by atoms with Crippen molar-refractivity contribution in [1.29, 1.82) is 0 Å². The summed E-state index contributed by atoms with van der Waals surface area (Å²) in [5.74, 6) is -0.299. The number of ether oxygens (including phenoxy) is 6. The Balaban J connectivity index is 1.35. The number of aliphatic hydroxyl groups is 11. The van der Waals surface area contributed by atoms with Gasteiger partial charge in [0.25, 0.3) is 0 Å². The molecule has 442 valence electrons. The molecule has 0 aromatic rings. The Bertz CT molecular complexity index is 1430. The van der Waals surface area contributed by atoms with Crippen LogP contribution in [0.25, 0.3) is 0 Å². The highest BCUT2D eigenvalue weighted by molar-refractivity contribution is 5.76. The Morgan fingerprint density at radius 2 is 0.827 bits per heavy atom. The van der Waals surface area contributed by atoms with Crippen LogP contribution >= 0.6 is 0 Å². The fourth-order valence-corrected chi connectivity index (χ4v) is 10.2. The largest absolute Gasteiger partial charge is 0.394 e. The Morgan fingerprint density at radius 3 is 1.25 bits per heavy atom. The molecule has 75 heavy (non-hydrogen) atoms. The molecule has 0 aliphatic carbocycles. The van der Waals surface area contributed by atoms with Crippen LogP contribution in [0.5, 0.6) is 0 Å². The molecular weight excluding hydrogens is 975 g/mol. The van der Waals surface area contributed by atoms with Gasteiger partial charge in [0, 0.05) is 6.42 Å². The fraction of sp³-hybridized carbons (Fsp3) is 0.946. The molecule has 0 aromatic carbocycles. The average molecular weight is 1080 g/mol. The van der Waals surface area contributed by atoms with Gasteiger partial charge in [-0.15, -0.1) is 0 Å². The van der Waals surface area contributed by atoms with Crippen LogP contribution < -0.4 is 5.32 Å². The van der Waals surface area contributed by atoms with Gasteiger partial charge < -0.3 is 89.9 Å². The zero-order chi connectivity index (χ0) is 54.8. The second-order valence-electron chi connectivity index (χ2n) is 21.5. The summed E-state index contributed by atoms with van der Waals surface area (Å²) in [6.45, 7) is 1.53. The van der Waals surface area contributed by atoms with Gasteiger partial charge in [-0.2, -0.15) is 0 Å². The van der Waals surface area contributed by atoms with Crippen molar-refractivity contribution in [3.63, 3.8) is 0 Å². The average Bonchev–Trinajstić information content (AvgIpc) is 3.40. The molecule has 1 amide bonds. The van der Waals surface area contributed by atoms with Crippen molar-refractivity contribution in [3.05, 3.63) is 12.2 Å². The van der Waals surface area contributed by atoms with Crippen molar-refractivity contribution in [2.24, 2.45) is 0 Å². The molecule has 3 heterocycles. The Labute approximate surface area is 448 Å². The maximum Gasteiger partial charge on any atom is 0.220 e. The predicted octanol–water partition coefficient (Wildman–Crippen LogP) is 4.60. The lowest BCUT2D eigenvalue weighted by Crippen LogP contribution is -2.66. The number of amides is 1. The van der Waals surface area contributed by atoms with Crippen molar-refractivity contribution < 1.29 is 89.4 Å². The van der Waals surface area contributed by atoms with Gasteiger partial charge in [-0.3, -0.25) is 4.79 Å². The number of unbranched alkanes of at least 4 members (excludes halogenated alkanes) is 27. The Kier molecular flexibility index (Phi) is 36.8. The lowest BCUT2D eigenvalue weighted by Gasteiger charge is -2.48. The van der Waals surface area contributed by atoms with E-state index in [0.717, 1.165) is 38.5 Å². The van der Waals surface area contributed by atoms with E-state index in [4.69, 9.17) is 28.4 Å². The molecule has 17 unspecified atom stereocenters. The predicted molar refractivity (Wildman–Crippen MR) is 282 cm³/mol. The third-order valence-electron chi connectivity index (χ3n) is 15.1. The zero-order valence-corrected chi connectivity index (χ0v) is 45.8. The Morgan fingerprint density at radius 1 is 0.467 bits per heavy atom. The molecule has 3 aliphatic rings. The molecule has 3 saturated heterocycles. The lowest BCUT2D eigenvalue weighted by atomic mass is 9.96. The van der Waals surface area contributed by atoms with Crippen LogP contribution in [0.15, 0.2) is 12.2 Å². The molecule has 0 bridgehead atoms.